The molecule has 2 N–H and O–H groups in total. The molecule has 0 bridgehead atoms. The summed E-state index contributed by atoms with van der Waals surface area (Å²) in [6.45, 7) is 8.56. The first-order valence-corrected chi connectivity index (χ1v) is 8.97. The van der Waals surface area contributed by atoms with E-state index in [2.05, 4.69) is 15.5 Å². The summed E-state index contributed by atoms with van der Waals surface area (Å²) in [5.41, 5.74) is 0.940. The molecule has 6 heteroatoms. The highest BCUT2D eigenvalue weighted by Gasteiger charge is 2.24. The largest absolute Gasteiger partial charge is 0.379 e. The van der Waals surface area contributed by atoms with Crippen molar-refractivity contribution in [3.8, 4) is 0 Å². The second-order valence-electron chi connectivity index (χ2n) is 6.70. The number of amides is 2. The molecule has 0 aliphatic carbocycles. The van der Waals surface area contributed by atoms with Gasteiger partial charge in [-0.15, -0.1) is 0 Å². The van der Waals surface area contributed by atoms with Crippen LogP contribution in [0.5, 0.6) is 0 Å². The van der Waals surface area contributed by atoms with Gasteiger partial charge in [-0.2, -0.15) is 0 Å². The molecule has 2 amide bonds. The molecule has 138 valence electrons. The Bertz CT molecular complexity index is 542. The maximum absolute atomic E-state index is 12.4. The first-order chi connectivity index (χ1) is 12.1. The quantitative estimate of drug-likeness (QED) is 0.730. The molecule has 6 nitrogen and oxygen atoms in total. The minimum Gasteiger partial charge on any atom is -0.379 e. The zero-order valence-electron chi connectivity index (χ0n) is 15.2. The van der Waals surface area contributed by atoms with Crippen LogP contribution in [0.15, 0.2) is 30.3 Å². The monoisotopic (exact) mass is 347 g/mol. The Labute approximate surface area is 149 Å². The molecular formula is C19H29N3O3. The topological polar surface area (TPSA) is 70.7 Å². The predicted octanol–water partition coefficient (Wildman–Crippen LogP) is 0.818. The van der Waals surface area contributed by atoms with Gasteiger partial charge in [-0.1, -0.05) is 44.2 Å². The Kier molecular flexibility index (Phi) is 7.88. The van der Waals surface area contributed by atoms with Crippen molar-refractivity contribution < 1.29 is 14.3 Å². The fourth-order valence-electron chi connectivity index (χ4n) is 2.81. The molecule has 0 spiro atoms. The SMILES string of the molecule is CC(C)C(NC(=O)Cc1ccccc1)C(=O)NCCN1CCOCC1. The van der Waals surface area contributed by atoms with Crippen LogP contribution in [-0.4, -0.2) is 62.1 Å². The fourth-order valence-corrected chi connectivity index (χ4v) is 2.81. The van der Waals surface area contributed by atoms with Gasteiger partial charge in [0.2, 0.25) is 11.8 Å². The van der Waals surface area contributed by atoms with Crippen LogP contribution in [0, 0.1) is 5.92 Å². The highest BCUT2D eigenvalue weighted by Crippen LogP contribution is 2.05. The van der Waals surface area contributed by atoms with Crippen LogP contribution in [-0.2, 0) is 20.7 Å². The third-order valence-corrected chi connectivity index (χ3v) is 4.30. The molecule has 0 saturated carbocycles. The minimum absolute atomic E-state index is 0.0307. The van der Waals surface area contributed by atoms with Crippen molar-refractivity contribution in [3.63, 3.8) is 0 Å². The van der Waals surface area contributed by atoms with Crippen LogP contribution in [0.3, 0.4) is 0 Å². The summed E-state index contributed by atoms with van der Waals surface area (Å²) >= 11 is 0. The first-order valence-electron chi connectivity index (χ1n) is 8.97. The van der Waals surface area contributed by atoms with E-state index < -0.39 is 6.04 Å². The summed E-state index contributed by atoms with van der Waals surface area (Å²) < 4.78 is 5.31. The molecule has 0 radical (unpaired) electrons. The zero-order chi connectivity index (χ0) is 18.1. The van der Waals surface area contributed by atoms with Gasteiger partial charge < -0.3 is 15.4 Å². The van der Waals surface area contributed by atoms with Gasteiger partial charge >= 0.3 is 0 Å². The zero-order valence-corrected chi connectivity index (χ0v) is 15.2. The van der Waals surface area contributed by atoms with Gasteiger partial charge in [-0.3, -0.25) is 14.5 Å². The van der Waals surface area contributed by atoms with Crippen molar-refractivity contribution in [2.45, 2.75) is 26.3 Å². The number of morpholine rings is 1. The summed E-state index contributed by atoms with van der Waals surface area (Å²) in [5.74, 6) is -0.221. The lowest BCUT2D eigenvalue weighted by molar-refractivity contribution is -0.129. The van der Waals surface area contributed by atoms with Gasteiger partial charge in [0, 0.05) is 26.2 Å². The number of carbonyl (C=O) groups excluding carboxylic acids is 2. The van der Waals surface area contributed by atoms with E-state index in [-0.39, 0.29) is 24.2 Å². The van der Waals surface area contributed by atoms with Crippen LogP contribution in [0.2, 0.25) is 0 Å². The average Bonchev–Trinajstić information content (AvgIpc) is 2.61. The van der Waals surface area contributed by atoms with E-state index in [0.29, 0.717) is 6.54 Å². The van der Waals surface area contributed by atoms with Crippen molar-refractivity contribution in [1.82, 2.24) is 15.5 Å². The maximum atomic E-state index is 12.4. The van der Waals surface area contributed by atoms with Gasteiger partial charge in [0.15, 0.2) is 0 Å². The molecule has 25 heavy (non-hydrogen) atoms. The number of carbonyl (C=O) groups is 2. The normalized spacial score (nSPS) is 16.4. The second-order valence-corrected chi connectivity index (χ2v) is 6.70. The van der Waals surface area contributed by atoms with E-state index in [1.807, 2.05) is 44.2 Å². The average molecular weight is 347 g/mol. The van der Waals surface area contributed by atoms with E-state index in [4.69, 9.17) is 4.74 Å². The van der Waals surface area contributed by atoms with Crippen molar-refractivity contribution in [3.05, 3.63) is 35.9 Å². The molecule has 0 aromatic heterocycles. The molecular weight excluding hydrogens is 318 g/mol. The first kappa shape index (κ1) is 19.4. The van der Waals surface area contributed by atoms with Crippen LogP contribution in [0.25, 0.3) is 0 Å². The van der Waals surface area contributed by atoms with E-state index in [0.717, 1.165) is 38.4 Å². The van der Waals surface area contributed by atoms with E-state index in [9.17, 15) is 9.59 Å². The summed E-state index contributed by atoms with van der Waals surface area (Å²) in [6.07, 6.45) is 0.283. The standard InChI is InChI=1S/C19H29N3O3/c1-15(2)18(21-17(23)14-16-6-4-3-5-7-16)19(24)20-8-9-22-10-12-25-13-11-22/h3-7,15,18H,8-14H2,1-2H3,(H,20,24)(H,21,23). The predicted molar refractivity (Wildman–Crippen MR) is 97.2 cm³/mol. The summed E-state index contributed by atoms with van der Waals surface area (Å²) in [6, 6.07) is 9.03. The van der Waals surface area contributed by atoms with Crippen molar-refractivity contribution in [2.24, 2.45) is 5.92 Å². The third-order valence-electron chi connectivity index (χ3n) is 4.30. The van der Waals surface area contributed by atoms with Gasteiger partial charge in [0.1, 0.15) is 6.04 Å². The summed E-state index contributed by atoms with van der Waals surface area (Å²) in [4.78, 5) is 27.0. The Morgan fingerprint density at radius 2 is 1.84 bits per heavy atom. The number of ether oxygens (including phenoxy) is 1. The summed E-state index contributed by atoms with van der Waals surface area (Å²) in [7, 11) is 0. The van der Waals surface area contributed by atoms with Crippen molar-refractivity contribution in [2.75, 3.05) is 39.4 Å². The Balaban J connectivity index is 1.77. The Hall–Kier alpha value is -1.92. The highest BCUT2D eigenvalue weighted by atomic mass is 16.5. The molecule has 1 fully saturated rings. The number of benzene rings is 1. The number of hydrogen-bond donors (Lipinski definition) is 2. The maximum Gasteiger partial charge on any atom is 0.242 e. The van der Waals surface area contributed by atoms with E-state index >= 15 is 0 Å². The van der Waals surface area contributed by atoms with Crippen LogP contribution < -0.4 is 10.6 Å². The number of hydrogen-bond acceptors (Lipinski definition) is 4. The van der Waals surface area contributed by atoms with Crippen molar-refractivity contribution in [1.29, 1.82) is 0 Å². The van der Waals surface area contributed by atoms with Gasteiger partial charge in [-0.05, 0) is 11.5 Å². The smallest absolute Gasteiger partial charge is 0.242 e. The van der Waals surface area contributed by atoms with Gasteiger partial charge in [0.25, 0.3) is 0 Å². The number of nitrogens with one attached hydrogen (secondary N) is 2. The van der Waals surface area contributed by atoms with Gasteiger partial charge in [0.05, 0.1) is 19.6 Å². The Morgan fingerprint density at radius 3 is 2.48 bits per heavy atom. The van der Waals surface area contributed by atoms with E-state index in [1.165, 1.54) is 0 Å². The van der Waals surface area contributed by atoms with E-state index in [1.54, 1.807) is 0 Å². The molecule has 1 unspecified atom stereocenters. The Morgan fingerprint density at radius 1 is 1.16 bits per heavy atom. The molecule has 1 heterocycles. The highest BCUT2D eigenvalue weighted by molar-refractivity contribution is 5.88. The molecule has 1 aliphatic heterocycles. The lowest BCUT2D eigenvalue weighted by Gasteiger charge is -2.27. The lowest BCUT2D eigenvalue weighted by Crippen LogP contribution is -2.51. The molecule has 1 aliphatic rings. The fraction of sp³-hybridized carbons (Fsp3) is 0.579. The minimum atomic E-state index is -0.513. The molecule has 1 aromatic carbocycles. The van der Waals surface area contributed by atoms with Gasteiger partial charge in [-0.25, -0.2) is 0 Å². The summed E-state index contributed by atoms with van der Waals surface area (Å²) in [5, 5.41) is 5.81. The van der Waals surface area contributed by atoms with Crippen LogP contribution >= 0.6 is 0 Å². The number of rotatable bonds is 8. The molecule has 2 rings (SSSR count). The molecule has 1 aromatic rings. The van der Waals surface area contributed by atoms with Crippen LogP contribution in [0.4, 0.5) is 0 Å². The molecule has 1 atom stereocenters. The van der Waals surface area contributed by atoms with Crippen molar-refractivity contribution >= 4 is 11.8 Å². The second kappa shape index (κ2) is 10.2. The van der Waals surface area contributed by atoms with Crippen LogP contribution in [0.1, 0.15) is 19.4 Å². The lowest BCUT2D eigenvalue weighted by atomic mass is 10.0. The third kappa shape index (κ3) is 6.84. The molecule has 1 saturated heterocycles. The number of nitrogens with zero attached hydrogens (tertiary/aromatic N) is 1.